The van der Waals surface area contributed by atoms with E-state index in [-0.39, 0.29) is 0 Å². The van der Waals surface area contributed by atoms with Crippen molar-refractivity contribution in [3.05, 3.63) is 188 Å². The number of hydrogen-bond donors (Lipinski definition) is 0. The van der Waals surface area contributed by atoms with Gasteiger partial charge in [0.1, 0.15) is 5.58 Å². The zero-order valence-corrected chi connectivity index (χ0v) is 26.3. The molecular formula is C46H31NO. The number of fused-ring (bicyclic) bond motifs is 5. The van der Waals surface area contributed by atoms with Crippen LogP contribution in [0.25, 0.3) is 66.1 Å². The monoisotopic (exact) mass is 613 g/mol. The van der Waals surface area contributed by atoms with E-state index in [9.17, 15) is 0 Å². The van der Waals surface area contributed by atoms with Gasteiger partial charge in [-0.05, 0) is 80.6 Å². The highest BCUT2D eigenvalue weighted by Crippen LogP contribution is 2.45. The summed E-state index contributed by atoms with van der Waals surface area (Å²) in [7, 11) is 0. The van der Waals surface area contributed by atoms with Gasteiger partial charge in [0.05, 0.1) is 5.69 Å². The molecule has 1 heterocycles. The summed E-state index contributed by atoms with van der Waals surface area (Å²) in [4.78, 5) is 2.30. The molecule has 48 heavy (non-hydrogen) atoms. The van der Waals surface area contributed by atoms with E-state index in [0.29, 0.717) is 0 Å². The first kappa shape index (κ1) is 27.9. The second-order valence-electron chi connectivity index (χ2n) is 12.1. The number of anilines is 3. The first-order valence-electron chi connectivity index (χ1n) is 16.4. The summed E-state index contributed by atoms with van der Waals surface area (Å²) in [6.07, 6.45) is 0. The van der Waals surface area contributed by atoms with Crippen LogP contribution in [0.15, 0.2) is 192 Å². The minimum absolute atomic E-state index is 0.868. The lowest BCUT2D eigenvalue weighted by Gasteiger charge is -2.25. The number of nitrogens with zero attached hydrogens (tertiary/aromatic N) is 1. The van der Waals surface area contributed by atoms with Crippen LogP contribution in [-0.4, -0.2) is 0 Å². The van der Waals surface area contributed by atoms with E-state index < -0.39 is 0 Å². The maximum absolute atomic E-state index is 6.88. The van der Waals surface area contributed by atoms with Crippen molar-refractivity contribution in [3.63, 3.8) is 0 Å². The third-order valence-electron chi connectivity index (χ3n) is 9.27. The van der Waals surface area contributed by atoms with Crippen LogP contribution in [0.2, 0.25) is 0 Å². The number of furan rings is 1. The second-order valence-corrected chi connectivity index (χ2v) is 12.1. The molecule has 226 valence electrons. The maximum Gasteiger partial charge on any atom is 0.159 e. The van der Waals surface area contributed by atoms with E-state index in [1.54, 1.807) is 0 Å². The standard InChI is InChI=1S/C46H31NO/c1-4-13-32(14-5-1)33-23-25-34(26-24-33)35-27-29-38(30-28-35)47(37-17-8-3-9-18-37)43-22-12-21-41-45-40-20-11-10-19-39(40)42(31-44(45)48-46(41)43)36-15-6-2-7-16-36/h1-31H. The van der Waals surface area contributed by atoms with E-state index in [1.165, 1.54) is 44.2 Å². The van der Waals surface area contributed by atoms with Crippen LogP contribution in [0.1, 0.15) is 0 Å². The van der Waals surface area contributed by atoms with Crippen LogP contribution in [0, 0.1) is 0 Å². The fraction of sp³-hybridized carbons (Fsp3) is 0. The molecule has 1 aromatic heterocycles. The van der Waals surface area contributed by atoms with Crippen LogP contribution in [0.5, 0.6) is 0 Å². The SMILES string of the molecule is c1ccc(-c2ccc(-c3ccc(N(c4ccccc4)c4cccc5c4oc4cc(-c6ccccc6)c6ccccc6c45)cc3)cc2)cc1. The smallest absolute Gasteiger partial charge is 0.159 e. The topological polar surface area (TPSA) is 16.4 Å². The number of rotatable bonds is 6. The summed E-state index contributed by atoms with van der Waals surface area (Å²) in [5.41, 5.74) is 12.0. The summed E-state index contributed by atoms with van der Waals surface area (Å²) in [6, 6.07) is 66.6. The van der Waals surface area contributed by atoms with Gasteiger partial charge in [0.2, 0.25) is 0 Å². The Morgan fingerprint density at radius 2 is 0.833 bits per heavy atom. The van der Waals surface area contributed by atoms with Gasteiger partial charge in [-0.3, -0.25) is 0 Å². The van der Waals surface area contributed by atoms with Crippen molar-refractivity contribution in [1.82, 2.24) is 0 Å². The largest absolute Gasteiger partial charge is 0.454 e. The molecule has 0 radical (unpaired) electrons. The van der Waals surface area contributed by atoms with Gasteiger partial charge in [-0.15, -0.1) is 0 Å². The molecular weight excluding hydrogens is 583 g/mol. The average molecular weight is 614 g/mol. The van der Waals surface area contributed by atoms with E-state index >= 15 is 0 Å². The molecule has 0 fully saturated rings. The molecule has 2 heteroatoms. The normalized spacial score (nSPS) is 11.3. The fourth-order valence-electron chi connectivity index (χ4n) is 6.97. The molecule has 0 unspecified atom stereocenters. The number of para-hydroxylation sites is 2. The molecule has 0 aliphatic carbocycles. The van der Waals surface area contributed by atoms with Crippen LogP contribution in [0.4, 0.5) is 17.1 Å². The molecule has 8 aromatic carbocycles. The molecule has 0 N–H and O–H groups in total. The summed E-state index contributed by atoms with van der Waals surface area (Å²) in [6.45, 7) is 0. The van der Waals surface area contributed by atoms with Gasteiger partial charge >= 0.3 is 0 Å². The zero-order valence-electron chi connectivity index (χ0n) is 26.3. The Morgan fingerprint density at radius 1 is 0.354 bits per heavy atom. The third-order valence-corrected chi connectivity index (χ3v) is 9.27. The van der Waals surface area contributed by atoms with Crippen molar-refractivity contribution in [1.29, 1.82) is 0 Å². The van der Waals surface area contributed by atoms with E-state index in [4.69, 9.17) is 4.42 Å². The van der Waals surface area contributed by atoms with Gasteiger partial charge < -0.3 is 9.32 Å². The first-order valence-corrected chi connectivity index (χ1v) is 16.4. The fourth-order valence-corrected chi connectivity index (χ4v) is 6.97. The van der Waals surface area contributed by atoms with Crippen molar-refractivity contribution >= 4 is 49.8 Å². The Morgan fingerprint density at radius 3 is 1.48 bits per heavy atom. The summed E-state index contributed by atoms with van der Waals surface area (Å²) in [5, 5.41) is 4.66. The molecule has 0 atom stereocenters. The Balaban J connectivity index is 1.18. The Labute approximate surface area is 279 Å². The quantitative estimate of drug-likeness (QED) is 0.185. The second kappa shape index (κ2) is 11.8. The number of hydrogen-bond acceptors (Lipinski definition) is 2. The summed E-state index contributed by atoms with van der Waals surface area (Å²) >= 11 is 0. The predicted molar refractivity (Wildman–Crippen MR) is 202 cm³/mol. The zero-order chi connectivity index (χ0) is 31.9. The van der Waals surface area contributed by atoms with Gasteiger partial charge in [-0.1, -0.05) is 152 Å². The predicted octanol–water partition coefficient (Wildman–Crippen LogP) is 13.2. The summed E-state index contributed by atoms with van der Waals surface area (Å²) in [5.74, 6) is 0. The lowest BCUT2D eigenvalue weighted by Crippen LogP contribution is -2.10. The Kier molecular flexibility index (Phi) is 6.84. The van der Waals surface area contributed by atoms with E-state index in [1.807, 2.05) is 0 Å². The highest BCUT2D eigenvalue weighted by atomic mass is 16.3. The molecule has 2 nitrogen and oxygen atoms in total. The van der Waals surface area contributed by atoms with Crippen molar-refractivity contribution < 1.29 is 4.42 Å². The van der Waals surface area contributed by atoms with Crippen molar-refractivity contribution in [2.24, 2.45) is 0 Å². The third kappa shape index (κ3) is 4.83. The molecule has 0 spiro atoms. The van der Waals surface area contributed by atoms with Crippen molar-refractivity contribution in [3.8, 4) is 33.4 Å². The van der Waals surface area contributed by atoms with Crippen LogP contribution in [0.3, 0.4) is 0 Å². The van der Waals surface area contributed by atoms with Crippen molar-refractivity contribution in [2.75, 3.05) is 4.90 Å². The molecule has 9 aromatic rings. The van der Waals surface area contributed by atoms with Gasteiger partial charge in [0.15, 0.2) is 5.58 Å². The molecule has 0 amide bonds. The van der Waals surface area contributed by atoms with Gasteiger partial charge in [0.25, 0.3) is 0 Å². The Bertz CT molecular complexity index is 2520. The minimum atomic E-state index is 0.868. The first-order chi connectivity index (χ1) is 23.8. The van der Waals surface area contributed by atoms with Crippen LogP contribution in [-0.2, 0) is 0 Å². The highest BCUT2D eigenvalue weighted by Gasteiger charge is 2.21. The highest BCUT2D eigenvalue weighted by molar-refractivity contribution is 6.23. The lowest BCUT2D eigenvalue weighted by molar-refractivity contribution is 0.669. The van der Waals surface area contributed by atoms with E-state index in [0.717, 1.165) is 39.0 Å². The molecule has 9 rings (SSSR count). The molecule has 0 aliphatic heterocycles. The maximum atomic E-state index is 6.88. The van der Waals surface area contributed by atoms with Gasteiger partial charge in [-0.2, -0.15) is 0 Å². The van der Waals surface area contributed by atoms with Gasteiger partial charge in [0, 0.05) is 22.1 Å². The molecule has 0 saturated heterocycles. The van der Waals surface area contributed by atoms with Crippen molar-refractivity contribution in [2.45, 2.75) is 0 Å². The Hall–Kier alpha value is -6.38. The van der Waals surface area contributed by atoms with E-state index in [2.05, 4.69) is 193 Å². The lowest BCUT2D eigenvalue weighted by atomic mass is 9.95. The number of benzene rings is 8. The molecule has 0 aliphatic rings. The average Bonchev–Trinajstić information content (AvgIpc) is 3.56. The summed E-state index contributed by atoms with van der Waals surface area (Å²) < 4.78 is 6.88. The van der Waals surface area contributed by atoms with Gasteiger partial charge in [-0.25, -0.2) is 0 Å². The van der Waals surface area contributed by atoms with Crippen LogP contribution < -0.4 is 4.90 Å². The van der Waals surface area contributed by atoms with Crippen LogP contribution >= 0.6 is 0 Å². The minimum Gasteiger partial charge on any atom is -0.454 e. The molecule has 0 saturated carbocycles. The molecule has 0 bridgehead atoms.